The highest BCUT2D eigenvalue weighted by molar-refractivity contribution is 6.06. The lowest BCUT2D eigenvalue weighted by Crippen LogP contribution is -2.31. The van der Waals surface area contributed by atoms with E-state index < -0.39 is 17.5 Å². The van der Waals surface area contributed by atoms with Gasteiger partial charge in [0.2, 0.25) is 0 Å². The summed E-state index contributed by atoms with van der Waals surface area (Å²) in [5, 5.41) is 0. The number of pyridine rings is 1. The topological polar surface area (TPSA) is 33.2 Å². The highest BCUT2D eigenvalue weighted by Crippen LogP contribution is 2.18. The van der Waals surface area contributed by atoms with Gasteiger partial charge in [-0.1, -0.05) is 6.07 Å². The maximum absolute atomic E-state index is 13.6. The summed E-state index contributed by atoms with van der Waals surface area (Å²) in [5.74, 6) is -2.73. The predicted octanol–water partition coefficient (Wildman–Crippen LogP) is 3.03. The highest BCUT2D eigenvalue weighted by atomic mass is 19.2. The van der Waals surface area contributed by atoms with E-state index in [0.717, 1.165) is 6.07 Å². The number of hydrogen-bond acceptors (Lipinski definition) is 2. The molecule has 19 heavy (non-hydrogen) atoms. The van der Waals surface area contributed by atoms with Crippen LogP contribution in [0.1, 0.15) is 17.3 Å². The summed E-state index contributed by atoms with van der Waals surface area (Å²) in [6, 6.07) is 6.84. The highest BCUT2D eigenvalue weighted by Gasteiger charge is 2.21. The average molecular weight is 262 g/mol. The van der Waals surface area contributed by atoms with Crippen LogP contribution in [-0.2, 0) is 0 Å². The molecule has 3 nitrogen and oxygen atoms in total. The van der Waals surface area contributed by atoms with E-state index in [1.807, 2.05) is 0 Å². The van der Waals surface area contributed by atoms with E-state index >= 15 is 0 Å². The zero-order chi connectivity index (χ0) is 13.8. The van der Waals surface area contributed by atoms with Gasteiger partial charge < -0.3 is 4.90 Å². The molecule has 0 aliphatic heterocycles. The number of carbonyl (C=O) groups excluding carboxylic acids is 1. The Kier molecular flexibility index (Phi) is 3.85. The van der Waals surface area contributed by atoms with E-state index in [-0.39, 0.29) is 5.56 Å². The van der Waals surface area contributed by atoms with Crippen molar-refractivity contribution in [1.82, 2.24) is 4.98 Å². The smallest absolute Gasteiger partial charge is 0.261 e. The summed E-state index contributed by atoms with van der Waals surface area (Å²) in [6.07, 6.45) is 3.07. The van der Waals surface area contributed by atoms with E-state index in [0.29, 0.717) is 12.2 Å². The lowest BCUT2D eigenvalue weighted by Gasteiger charge is -2.21. The number of halogens is 2. The van der Waals surface area contributed by atoms with Crippen molar-refractivity contribution in [1.29, 1.82) is 0 Å². The fourth-order valence-electron chi connectivity index (χ4n) is 1.78. The molecule has 1 aromatic carbocycles. The molecule has 1 amide bonds. The first kappa shape index (κ1) is 13.1. The van der Waals surface area contributed by atoms with Gasteiger partial charge in [-0.15, -0.1) is 0 Å². The maximum Gasteiger partial charge on any atom is 0.261 e. The number of carbonyl (C=O) groups is 1. The van der Waals surface area contributed by atoms with Crippen LogP contribution >= 0.6 is 0 Å². The summed E-state index contributed by atoms with van der Waals surface area (Å²) in [5.41, 5.74) is 0.310. The molecule has 5 heteroatoms. The van der Waals surface area contributed by atoms with Crippen LogP contribution in [-0.4, -0.2) is 17.4 Å². The normalized spacial score (nSPS) is 10.3. The molecule has 0 bridgehead atoms. The minimum absolute atomic E-state index is 0.279. The Morgan fingerprint density at radius 3 is 2.53 bits per heavy atom. The first-order valence-electron chi connectivity index (χ1n) is 5.81. The summed E-state index contributed by atoms with van der Waals surface area (Å²) >= 11 is 0. The van der Waals surface area contributed by atoms with Crippen molar-refractivity contribution in [2.45, 2.75) is 6.92 Å². The molecule has 1 aromatic heterocycles. The molecule has 2 aromatic rings. The number of nitrogens with zero attached hydrogens (tertiary/aromatic N) is 2. The Hall–Kier alpha value is -2.30. The Labute approximate surface area is 109 Å². The Morgan fingerprint density at radius 1 is 1.21 bits per heavy atom. The Balaban J connectivity index is 2.39. The molecule has 0 aliphatic rings. The molecule has 0 radical (unpaired) electrons. The molecule has 0 fully saturated rings. The third-order valence-corrected chi connectivity index (χ3v) is 2.72. The molecular formula is C14H12F2N2O. The molecule has 0 spiro atoms. The third kappa shape index (κ3) is 2.59. The number of aromatic nitrogens is 1. The fraction of sp³-hybridized carbons (Fsp3) is 0.143. The SMILES string of the molecule is CCN(C(=O)c1cccc(F)c1F)c1ccncc1. The van der Waals surface area contributed by atoms with Crippen LogP contribution in [0.25, 0.3) is 0 Å². The number of rotatable bonds is 3. The van der Waals surface area contributed by atoms with E-state index in [1.54, 1.807) is 19.1 Å². The van der Waals surface area contributed by atoms with Crippen LogP contribution in [0.15, 0.2) is 42.7 Å². The Morgan fingerprint density at radius 2 is 1.89 bits per heavy atom. The van der Waals surface area contributed by atoms with Crippen LogP contribution < -0.4 is 4.90 Å². The van der Waals surface area contributed by atoms with Crippen molar-refractivity contribution in [2.24, 2.45) is 0 Å². The lowest BCUT2D eigenvalue weighted by atomic mass is 10.1. The number of anilines is 1. The fourth-order valence-corrected chi connectivity index (χ4v) is 1.78. The van der Waals surface area contributed by atoms with E-state index in [2.05, 4.69) is 4.98 Å². The van der Waals surface area contributed by atoms with Gasteiger partial charge in [0, 0.05) is 24.6 Å². The quantitative estimate of drug-likeness (QED) is 0.851. The molecule has 0 N–H and O–H groups in total. The van der Waals surface area contributed by atoms with Crippen LogP contribution in [0, 0.1) is 11.6 Å². The summed E-state index contributed by atoms with van der Waals surface area (Å²) in [7, 11) is 0. The second-order valence-corrected chi connectivity index (χ2v) is 3.86. The monoisotopic (exact) mass is 262 g/mol. The molecule has 0 saturated heterocycles. The zero-order valence-corrected chi connectivity index (χ0v) is 10.3. The predicted molar refractivity (Wildman–Crippen MR) is 67.9 cm³/mol. The van der Waals surface area contributed by atoms with Gasteiger partial charge in [0.1, 0.15) is 0 Å². The first-order chi connectivity index (χ1) is 9.15. The van der Waals surface area contributed by atoms with Gasteiger partial charge >= 0.3 is 0 Å². The van der Waals surface area contributed by atoms with Crippen molar-refractivity contribution in [3.63, 3.8) is 0 Å². The minimum atomic E-state index is -1.12. The van der Waals surface area contributed by atoms with Crippen LogP contribution in [0.5, 0.6) is 0 Å². The molecule has 98 valence electrons. The van der Waals surface area contributed by atoms with Gasteiger partial charge in [-0.3, -0.25) is 9.78 Å². The van der Waals surface area contributed by atoms with Crippen LogP contribution in [0.4, 0.5) is 14.5 Å². The van der Waals surface area contributed by atoms with Gasteiger partial charge in [-0.2, -0.15) is 0 Å². The van der Waals surface area contributed by atoms with E-state index in [4.69, 9.17) is 0 Å². The minimum Gasteiger partial charge on any atom is -0.308 e. The molecule has 0 aliphatic carbocycles. The van der Waals surface area contributed by atoms with E-state index in [9.17, 15) is 13.6 Å². The summed E-state index contributed by atoms with van der Waals surface area (Å²) < 4.78 is 26.8. The zero-order valence-electron chi connectivity index (χ0n) is 10.3. The van der Waals surface area contributed by atoms with E-state index in [1.165, 1.54) is 29.4 Å². The van der Waals surface area contributed by atoms with Crippen molar-refractivity contribution < 1.29 is 13.6 Å². The van der Waals surface area contributed by atoms with Gasteiger partial charge in [-0.05, 0) is 31.2 Å². The molecule has 0 atom stereocenters. The van der Waals surface area contributed by atoms with Gasteiger partial charge in [0.05, 0.1) is 5.56 Å². The number of amides is 1. The van der Waals surface area contributed by atoms with Gasteiger partial charge in [0.25, 0.3) is 5.91 Å². The summed E-state index contributed by atoms with van der Waals surface area (Å²) in [6.45, 7) is 2.11. The molecule has 0 unspecified atom stereocenters. The van der Waals surface area contributed by atoms with Crippen molar-refractivity contribution >= 4 is 11.6 Å². The van der Waals surface area contributed by atoms with Crippen LogP contribution in [0.2, 0.25) is 0 Å². The largest absolute Gasteiger partial charge is 0.308 e. The van der Waals surface area contributed by atoms with Crippen molar-refractivity contribution in [3.05, 3.63) is 59.9 Å². The molecule has 2 rings (SSSR count). The molecule has 1 heterocycles. The molecular weight excluding hydrogens is 250 g/mol. The van der Waals surface area contributed by atoms with Gasteiger partial charge in [0.15, 0.2) is 11.6 Å². The molecule has 0 saturated carbocycles. The maximum atomic E-state index is 13.6. The van der Waals surface area contributed by atoms with Crippen molar-refractivity contribution in [3.8, 4) is 0 Å². The second-order valence-electron chi connectivity index (χ2n) is 3.86. The second kappa shape index (κ2) is 5.56. The number of hydrogen-bond donors (Lipinski definition) is 0. The standard InChI is InChI=1S/C14H12F2N2O/c1-2-18(10-6-8-17-9-7-10)14(19)11-4-3-5-12(15)13(11)16/h3-9H,2H2,1H3. The number of benzene rings is 1. The lowest BCUT2D eigenvalue weighted by molar-refractivity contribution is 0.0983. The van der Waals surface area contributed by atoms with Crippen LogP contribution in [0.3, 0.4) is 0 Å². The third-order valence-electron chi connectivity index (χ3n) is 2.72. The first-order valence-corrected chi connectivity index (χ1v) is 5.81. The average Bonchev–Trinajstić information content (AvgIpc) is 2.44. The Bertz CT molecular complexity index is 587. The van der Waals surface area contributed by atoms with Gasteiger partial charge in [-0.25, -0.2) is 8.78 Å². The van der Waals surface area contributed by atoms with Crippen molar-refractivity contribution in [2.75, 3.05) is 11.4 Å². The summed E-state index contributed by atoms with van der Waals surface area (Å²) in [4.78, 5) is 17.5.